The number of aliphatic carboxylic acids is 2. The van der Waals surface area contributed by atoms with Crippen molar-refractivity contribution in [3.8, 4) is 5.75 Å². The van der Waals surface area contributed by atoms with Gasteiger partial charge in [-0.25, -0.2) is 9.59 Å². The van der Waals surface area contributed by atoms with Gasteiger partial charge in [-0.2, -0.15) is 0 Å². The first-order valence-corrected chi connectivity index (χ1v) is 7.75. The highest BCUT2D eigenvalue weighted by molar-refractivity contribution is 9.10. The summed E-state index contributed by atoms with van der Waals surface area (Å²) >= 11 is 3.29. The van der Waals surface area contributed by atoms with Gasteiger partial charge in [-0.1, -0.05) is 12.1 Å². The fourth-order valence-electron chi connectivity index (χ4n) is 1.68. The van der Waals surface area contributed by atoms with Crippen LogP contribution in [0.25, 0.3) is 0 Å². The molecule has 1 aromatic heterocycles. The monoisotopic (exact) mass is 399 g/mol. The first-order valence-electron chi connectivity index (χ1n) is 6.96. The van der Waals surface area contributed by atoms with E-state index in [0.717, 1.165) is 35.7 Å². The summed E-state index contributed by atoms with van der Waals surface area (Å²) in [5.74, 6) is -1.81. The number of hydrogen-bond acceptors (Lipinski definition) is 5. The second kappa shape index (κ2) is 10.5. The lowest BCUT2D eigenvalue weighted by Gasteiger charge is -2.04. The van der Waals surface area contributed by atoms with Crippen LogP contribution in [0.3, 0.4) is 0 Å². The Kier molecular flexibility index (Phi) is 8.59. The molecule has 24 heavy (non-hydrogen) atoms. The second-order valence-electron chi connectivity index (χ2n) is 4.59. The van der Waals surface area contributed by atoms with E-state index in [1.54, 1.807) is 7.11 Å². The number of methoxy groups -OCH3 is 1. The van der Waals surface area contributed by atoms with Crippen LogP contribution < -0.4 is 10.1 Å². The Morgan fingerprint density at radius 1 is 1.12 bits per heavy atom. The Hall–Kier alpha value is -2.32. The van der Waals surface area contributed by atoms with Crippen molar-refractivity contribution in [1.82, 2.24) is 5.32 Å². The number of carbonyl (C=O) groups is 2. The summed E-state index contributed by atoms with van der Waals surface area (Å²) in [7, 11) is 1.68. The van der Waals surface area contributed by atoms with E-state index in [1.807, 2.05) is 24.3 Å². The van der Waals surface area contributed by atoms with Crippen LogP contribution in [0.2, 0.25) is 0 Å². The number of halogens is 1. The predicted molar refractivity (Wildman–Crippen MR) is 90.1 cm³/mol. The topological polar surface area (TPSA) is 109 Å². The van der Waals surface area contributed by atoms with Gasteiger partial charge in [0.2, 0.25) is 0 Å². The van der Waals surface area contributed by atoms with Gasteiger partial charge < -0.3 is 24.7 Å². The standard InChI is InChI=1S/C14H16BrNO2.C2H2O4/c1-17-12-4-2-11(3-5-12)8-9-16-10-13-6-7-14(15)18-13;3-1(4)2(5)6/h2-7,16H,8-10H2,1H3;(H,3,4)(H,5,6). The minimum absolute atomic E-state index is 0.752. The zero-order chi connectivity index (χ0) is 17.9. The normalized spacial score (nSPS) is 9.75. The maximum Gasteiger partial charge on any atom is 0.414 e. The molecule has 0 aliphatic heterocycles. The zero-order valence-corrected chi connectivity index (χ0v) is 14.6. The van der Waals surface area contributed by atoms with E-state index in [4.69, 9.17) is 29.0 Å². The molecule has 1 aromatic carbocycles. The highest BCUT2D eigenvalue weighted by Crippen LogP contribution is 2.14. The summed E-state index contributed by atoms with van der Waals surface area (Å²) in [6.45, 7) is 1.67. The zero-order valence-electron chi connectivity index (χ0n) is 13.0. The molecular weight excluding hydrogens is 382 g/mol. The summed E-state index contributed by atoms with van der Waals surface area (Å²) in [4.78, 5) is 18.2. The van der Waals surface area contributed by atoms with Gasteiger partial charge >= 0.3 is 11.9 Å². The maximum atomic E-state index is 9.10. The third-order valence-electron chi connectivity index (χ3n) is 2.86. The number of benzene rings is 1. The fourth-order valence-corrected chi connectivity index (χ4v) is 2.02. The average molecular weight is 400 g/mol. The SMILES string of the molecule is COc1ccc(CCNCc2ccc(Br)o2)cc1.O=C(O)C(=O)O. The van der Waals surface area contributed by atoms with Crippen LogP contribution in [0.15, 0.2) is 45.5 Å². The summed E-state index contributed by atoms with van der Waals surface area (Å²) in [6, 6.07) is 12.0. The number of rotatable bonds is 6. The molecule has 0 fully saturated rings. The molecule has 2 aromatic rings. The molecule has 0 unspecified atom stereocenters. The molecule has 0 amide bonds. The molecule has 0 spiro atoms. The Bertz CT molecular complexity index is 641. The number of ether oxygens (including phenoxy) is 1. The van der Waals surface area contributed by atoms with Gasteiger partial charge in [0.15, 0.2) is 4.67 Å². The van der Waals surface area contributed by atoms with Gasteiger partial charge in [-0.15, -0.1) is 0 Å². The smallest absolute Gasteiger partial charge is 0.414 e. The van der Waals surface area contributed by atoms with Crippen molar-refractivity contribution in [2.75, 3.05) is 13.7 Å². The summed E-state index contributed by atoms with van der Waals surface area (Å²) in [6.07, 6.45) is 0.992. The molecule has 8 heteroatoms. The van der Waals surface area contributed by atoms with Crippen molar-refractivity contribution in [3.05, 3.63) is 52.4 Å². The molecule has 7 nitrogen and oxygen atoms in total. The van der Waals surface area contributed by atoms with Crippen LogP contribution in [-0.2, 0) is 22.6 Å². The van der Waals surface area contributed by atoms with Gasteiger partial charge in [0.1, 0.15) is 11.5 Å². The molecule has 0 saturated carbocycles. The summed E-state index contributed by atoms with van der Waals surface area (Å²) < 4.78 is 11.3. The van der Waals surface area contributed by atoms with Crippen LogP contribution in [0.5, 0.6) is 5.75 Å². The van der Waals surface area contributed by atoms with Crippen LogP contribution in [0.1, 0.15) is 11.3 Å². The van der Waals surface area contributed by atoms with Gasteiger partial charge in [0.05, 0.1) is 13.7 Å². The molecule has 0 bridgehead atoms. The average Bonchev–Trinajstić information content (AvgIpc) is 2.98. The van der Waals surface area contributed by atoms with Gasteiger partial charge in [-0.05, 0) is 58.7 Å². The van der Waals surface area contributed by atoms with E-state index in [1.165, 1.54) is 5.56 Å². The number of nitrogens with one attached hydrogen (secondary N) is 1. The van der Waals surface area contributed by atoms with Gasteiger partial charge in [0, 0.05) is 0 Å². The van der Waals surface area contributed by atoms with E-state index in [2.05, 4.69) is 33.4 Å². The van der Waals surface area contributed by atoms with Crippen molar-refractivity contribution < 1.29 is 29.0 Å². The number of hydrogen-bond donors (Lipinski definition) is 3. The van der Waals surface area contributed by atoms with E-state index in [-0.39, 0.29) is 0 Å². The van der Waals surface area contributed by atoms with Crippen molar-refractivity contribution in [3.63, 3.8) is 0 Å². The summed E-state index contributed by atoms with van der Waals surface area (Å²) in [5, 5.41) is 18.1. The Morgan fingerprint density at radius 3 is 2.21 bits per heavy atom. The lowest BCUT2D eigenvalue weighted by molar-refractivity contribution is -0.159. The Balaban J connectivity index is 0.000000413. The van der Waals surface area contributed by atoms with Crippen molar-refractivity contribution in [2.24, 2.45) is 0 Å². The fraction of sp³-hybridized carbons (Fsp3) is 0.250. The second-order valence-corrected chi connectivity index (χ2v) is 5.37. The maximum absolute atomic E-state index is 9.10. The minimum Gasteiger partial charge on any atom is -0.497 e. The molecule has 1 heterocycles. The van der Waals surface area contributed by atoms with Crippen molar-refractivity contribution in [1.29, 1.82) is 0 Å². The van der Waals surface area contributed by atoms with Crippen LogP contribution in [0, 0.1) is 0 Å². The first kappa shape index (κ1) is 19.7. The molecule has 130 valence electrons. The molecule has 0 atom stereocenters. The number of furan rings is 1. The third kappa shape index (κ3) is 7.80. The van der Waals surface area contributed by atoms with Gasteiger partial charge in [0.25, 0.3) is 0 Å². The van der Waals surface area contributed by atoms with Crippen molar-refractivity contribution >= 4 is 27.9 Å². The summed E-state index contributed by atoms with van der Waals surface area (Å²) in [5.41, 5.74) is 1.30. The van der Waals surface area contributed by atoms with E-state index in [9.17, 15) is 0 Å². The number of carboxylic acids is 2. The van der Waals surface area contributed by atoms with Crippen molar-refractivity contribution in [2.45, 2.75) is 13.0 Å². The first-order chi connectivity index (χ1) is 11.4. The lowest BCUT2D eigenvalue weighted by Crippen LogP contribution is -2.16. The molecule has 3 N–H and O–H groups in total. The van der Waals surface area contributed by atoms with E-state index < -0.39 is 11.9 Å². The predicted octanol–water partition coefficient (Wildman–Crippen LogP) is 2.54. The number of carboxylic acid groups (broad SMARTS) is 2. The van der Waals surface area contributed by atoms with E-state index in [0.29, 0.717) is 0 Å². The largest absolute Gasteiger partial charge is 0.497 e. The quantitative estimate of drug-likeness (QED) is 0.505. The van der Waals surface area contributed by atoms with Crippen LogP contribution in [0.4, 0.5) is 0 Å². The molecule has 0 saturated heterocycles. The highest BCUT2D eigenvalue weighted by atomic mass is 79.9. The van der Waals surface area contributed by atoms with Crippen LogP contribution in [-0.4, -0.2) is 35.8 Å². The molecule has 0 radical (unpaired) electrons. The van der Waals surface area contributed by atoms with Crippen LogP contribution >= 0.6 is 15.9 Å². The third-order valence-corrected chi connectivity index (χ3v) is 3.29. The highest BCUT2D eigenvalue weighted by Gasteiger charge is 2.04. The molecular formula is C16H18BrNO6. The molecule has 2 rings (SSSR count). The Morgan fingerprint density at radius 2 is 1.75 bits per heavy atom. The Labute approximate surface area is 147 Å². The molecule has 0 aliphatic rings. The molecule has 0 aliphatic carbocycles. The lowest BCUT2D eigenvalue weighted by atomic mass is 10.1. The minimum atomic E-state index is -1.82. The van der Waals surface area contributed by atoms with E-state index >= 15 is 0 Å². The van der Waals surface area contributed by atoms with Gasteiger partial charge in [-0.3, -0.25) is 0 Å².